The van der Waals surface area contributed by atoms with E-state index in [9.17, 15) is 0 Å². The maximum absolute atomic E-state index is 8.72. The molecule has 4 nitrogen and oxygen atoms in total. The van der Waals surface area contributed by atoms with E-state index in [0.29, 0.717) is 0 Å². The molecule has 0 aliphatic carbocycles. The summed E-state index contributed by atoms with van der Waals surface area (Å²) in [6.45, 7) is 3.40. The van der Waals surface area contributed by atoms with E-state index in [1.54, 1.807) is 0 Å². The van der Waals surface area contributed by atoms with Crippen LogP contribution in [-0.2, 0) is 9.05 Å². The summed E-state index contributed by atoms with van der Waals surface area (Å²) in [6.07, 6.45) is 1.35. The zero-order chi connectivity index (χ0) is 7.82. The van der Waals surface area contributed by atoms with E-state index in [2.05, 4.69) is 15.6 Å². The molecule has 0 rings (SSSR count). The second kappa shape index (κ2) is 6.50. The predicted molar refractivity (Wildman–Crippen MR) is 36.6 cm³/mol. The summed E-state index contributed by atoms with van der Waals surface area (Å²) in [5.41, 5.74) is 0. The standard InChI is InChI=1S/C5H8NO3P/c1-2-8-10(7)9-5-3-4-6/h2,7H,1,3,5H2. The molecule has 0 aliphatic rings. The van der Waals surface area contributed by atoms with Crippen LogP contribution >= 0.6 is 8.60 Å². The molecule has 5 heteroatoms. The predicted octanol–water partition coefficient (Wildman–Crippen LogP) is 1.30. The Morgan fingerprint density at radius 3 is 3.00 bits per heavy atom. The van der Waals surface area contributed by atoms with Crippen LogP contribution in [0.4, 0.5) is 0 Å². The van der Waals surface area contributed by atoms with Gasteiger partial charge in [-0.1, -0.05) is 6.58 Å². The van der Waals surface area contributed by atoms with Crippen LogP contribution in [0.25, 0.3) is 0 Å². The summed E-state index contributed by atoms with van der Waals surface area (Å²) in [4.78, 5) is 8.72. The average molecular weight is 161 g/mol. The highest BCUT2D eigenvalue weighted by atomic mass is 31.2. The lowest BCUT2D eigenvalue weighted by molar-refractivity contribution is 0.250. The molecular weight excluding hydrogens is 153 g/mol. The molecule has 56 valence electrons. The van der Waals surface area contributed by atoms with Crippen LogP contribution in [0.2, 0.25) is 0 Å². The van der Waals surface area contributed by atoms with Crippen LogP contribution in [0.1, 0.15) is 6.42 Å². The van der Waals surface area contributed by atoms with Crippen LogP contribution in [0.15, 0.2) is 12.8 Å². The summed E-state index contributed by atoms with van der Waals surface area (Å²) < 4.78 is 9.07. The fraction of sp³-hybridized carbons (Fsp3) is 0.400. The van der Waals surface area contributed by atoms with Crippen molar-refractivity contribution >= 4 is 8.60 Å². The zero-order valence-corrected chi connectivity index (χ0v) is 6.25. The van der Waals surface area contributed by atoms with E-state index >= 15 is 0 Å². The van der Waals surface area contributed by atoms with Crippen molar-refractivity contribution < 1.29 is 13.9 Å². The summed E-state index contributed by atoms with van der Waals surface area (Å²) in [5, 5.41) is 8.04. The SMILES string of the molecule is C=COP(O)OCCC#N. The van der Waals surface area contributed by atoms with Gasteiger partial charge in [0.2, 0.25) is 0 Å². The zero-order valence-electron chi connectivity index (χ0n) is 5.36. The molecule has 0 amide bonds. The first-order chi connectivity index (χ1) is 4.81. The van der Waals surface area contributed by atoms with Gasteiger partial charge in [-0.15, -0.1) is 0 Å². The molecule has 1 N–H and O–H groups in total. The molecule has 0 bridgehead atoms. The molecule has 0 saturated carbocycles. The fourth-order valence-corrected chi connectivity index (χ4v) is 0.699. The van der Waals surface area contributed by atoms with Crippen molar-refractivity contribution in [3.63, 3.8) is 0 Å². The van der Waals surface area contributed by atoms with Crippen molar-refractivity contribution in [1.29, 1.82) is 5.26 Å². The van der Waals surface area contributed by atoms with Gasteiger partial charge in [-0.05, 0) is 0 Å². The Kier molecular flexibility index (Phi) is 6.10. The Balaban J connectivity index is 3.14. The van der Waals surface area contributed by atoms with E-state index in [-0.39, 0.29) is 13.0 Å². The topological polar surface area (TPSA) is 62.5 Å². The highest BCUT2D eigenvalue weighted by Gasteiger charge is 2.02. The normalized spacial score (nSPS) is 11.6. The van der Waals surface area contributed by atoms with Gasteiger partial charge in [-0.25, -0.2) is 0 Å². The lowest BCUT2D eigenvalue weighted by Crippen LogP contribution is -1.87. The van der Waals surface area contributed by atoms with Crippen LogP contribution in [-0.4, -0.2) is 11.5 Å². The van der Waals surface area contributed by atoms with Gasteiger partial charge in [0.15, 0.2) is 0 Å². The first-order valence-electron chi connectivity index (χ1n) is 2.57. The molecule has 0 radical (unpaired) electrons. The Morgan fingerprint density at radius 2 is 2.50 bits per heavy atom. The van der Waals surface area contributed by atoms with Gasteiger partial charge in [0.05, 0.1) is 25.4 Å². The van der Waals surface area contributed by atoms with Crippen molar-refractivity contribution in [1.82, 2.24) is 0 Å². The van der Waals surface area contributed by atoms with Crippen molar-refractivity contribution in [3.05, 3.63) is 12.8 Å². The number of rotatable bonds is 5. The number of nitriles is 1. The highest BCUT2D eigenvalue weighted by Crippen LogP contribution is 2.32. The Morgan fingerprint density at radius 1 is 1.80 bits per heavy atom. The third-order valence-electron chi connectivity index (χ3n) is 0.580. The van der Waals surface area contributed by atoms with Gasteiger partial charge < -0.3 is 13.9 Å². The quantitative estimate of drug-likeness (QED) is 0.375. The molecule has 0 spiro atoms. The van der Waals surface area contributed by atoms with E-state index in [1.165, 1.54) is 0 Å². The van der Waals surface area contributed by atoms with Crippen LogP contribution in [0.5, 0.6) is 0 Å². The second-order valence-corrected chi connectivity index (χ2v) is 2.20. The lowest BCUT2D eigenvalue weighted by Gasteiger charge is -2.04. The van der Waals surface area contributed by atoms with Crippen molar-refractivity contribution in [2.45, 2.75) is 6.42 Å². The Labute approximate surface area is 60.7 Å². The smallest absolute Gasteiger partial charge is 0.393 e. The van der Waals surface area contributed by atoms with Gasteiger partial charge in [0.25, 0.3) is 0 Å². The Hall–Kier alpha value is -0.620. The third-order valence-corrected chi connectivity index (χ3v) is 1.31. The first-order valence-corrected chi connectivity index (χ1v) is 3.71. The minimum absolute atomic E-state index is 0.187. The monoisotopic (exact) mass is 161 g/mol. The van der Waals surface area contributed by atoms with E-state index in [4.69, 9.17) is 10.2 Å². The van der Waals surface area contributed by atoms with Crippen molar-refractivity contribution in [2.24, 2.45) is 0 Å². The van der Waals surface area contributed by atoms with E-state index in [1.807, 2.05) is 6.07 Å². The van der Waals surface area contributed by atoms with Crippen molar-refractivity contribution in [2.75, 3.05) is 6.61 Å². The lowest BCUT2D eigenvalue weighted by atomic mass is 10.5. The van der Waals surface area contributed by atoms with E-state index in [0.717, 1.165) is 6.26 Å². The molecule has 0 aromatic carbocycles. The molecule has 1 unspecified atom stereocenters. The summed E-state index contributed by atoms with van der Waals surface area (Å²) in [6, 6.07) is 1.86. The Bertz CT molecular complexity index is 133. The fourth-order valence-electron chi connectivity index (χ4n) is 0.264. The highest BCUT2D eigenvalue weighted by molar-refractivity contribution is 7.40. The number of nitrogens with zero attached hydrogens (tertiary/aromatic N) is 1. The number of hydrogen-bond donors (Lipinski definition) is 1. The largest absolute Gasteiger partial charge is 0.435 e. The first kappa shape index (κ1) is 9.38. The number of hydrogen-bond acceptors (Lipinski definition) is 4. The van der Waals surface area contributed by atoms with Crippen LogP contribution in [0.3, 0.4) is 0 Å². The average Bonchev–Trinajstić information content (AvgIpc) is 1.89. The summed E-state index contributed by atoms with van der Waals surface area (Å²) >= 11 is 0. The van der Waals surface area contributed by atoms with Gasteiger partial charge >= 0.3 is 8.60 Å². The molecule has 0 saturated heterocycles. The minimum atomic E-state index is -1.86. The van der Waals surface area contributed by atoms with Crippen LogP contribution in [0, 0.1) is 11.3 Å². The molecule has 0 aliphatic heterocycles. The van der Waals surface area contributed by atoms with Gasteiger partial charge in [-0.2, -0.15) is 5.26 Å². The van der Waals surface area contributed by atoms with Gasteiger partial charge in [0.1, 0.15) is 0 Å². The summed E-state index contributed by atoms with van der Waals surface area (Å²) in [5.74, 6) is 0. The van der Waals surface area contributed by atoms with Gasteiger partial charge in [-0.3, -0.25) is 0 Å². The maximum atomic E-state index is 8.72. The molecule has 0 aromatic heterocycles. The minimum Gasteiger partial charge on any atom is -0.435 e. The molecule has 0 aromatic rings. The maximum Gasteiger partial charge on any atom is 0.393 e. The molecular formula is C5H8NO3P. The molecule has 0 fully saturated rings. The summed E-state index contributed by atoms with van der Waals surface area (Å²) in [7, 11) is -1.86. The van der Waals surface area contributed by atoms with E-state index < -0.39 is 8.60 Å². The van der Waals surface area contributed by atoms with Crippen molar-refractivity contribution in [3.8, 4) is 6.07 Å². The molecule has 0 heterocycles. The molecule has 10 heavy (non-hydrogen) atoms. The van der Waals surface area contributed by atoms with Gasteiger partial charge in [0, 0.05) is 0 Å². The molecule has 1 atom stereocenters. The van der Waals surface area contributed by atoms with Crippen LogP contribution < -0.4 is 0 Å². The third kappa shape index (κ3) is 5.52. The second-order valence-electron chi connectivity index (χ2n) is 1.25.